The molecule has 0 aliphatic carbocycles. The van der Waals surface area contributed by atoms with E-state index < -0.39 is 0 Å². The number of piperidine rings is 1. The molecule has 1 aliphatic heterocycles. The van der Waals surface area contributed by atoms with Crippen molar-refractivity contribution in [3.63, 3.8) is 0 Å². The van der Waals surface area contributed by atoms with Crippen LogP contribution in [0.25, 0.3) is 0 Å². The lowest BCUT2D eigenvalue weighted by Crippen LogP contribution is -2.33. The van der Waals surface area contributed by atoms with Gasteiger partial charge >= 0.3 is 0 Å². The van der Waals surface area contributed by atoms with Gasteiger partial charge in [0.25, 0.3) is 0 Å². The fraction of sp³-hybridized carbons (Fsp3) is 0.714. The van der Waals surface area contributed by atoms with Gasteiger partial charge in [0.15, 0.2) is 0 Å². The van der Waals surface area contributed by atoms with Gasteiger partial charge in [-0.05, 0) is 19.3 Å². The van der Waals surface area contributed by atoms with Gasteiger partial charge in [-0.15, -0.1) is 0 Å². The van der Waals surface area contributed by atoms with Crippen LogP contribution < -0.4 is 5.73 Å². The van der Waals surface area contributed by atoms with E-state index >= 15 is 0 Å². The van der Waals surface area contributed by atoms with Crippen LogP contribution >= 0.6 is 0 Å². The maximum absolute atomic E-state index is 10.3. The average Bonchev–Trinajstić information content (AvgIpc) is 2.04. The van der Waals surface area contributed by atoms with Crippen molar-refractivity contribution >= 4 is 5.94 Å². The summed E-state index contributed by atoms with van der Waals surface area (Å²) in [5, 5.41) is 0. The predicted molar refractivity (Wildman–Crippen MR) is 38.8 cm³/mol. The summed E-state index contributed by atoms with van der Waals surface area (Å²) >= 11 is 0. The van der Waals surface area contributed by atoms with Gasteiger partial charge < -0.3 is 10.6 Å². The molecule has 0 radical (unpaired) electrons. The van der Waals surface area contributed by atoms with Crippen LogP contribution in [0.3, 0.4) is 0 Å². The van der Waals surface area contributed by atoms with E-state index in [0.717, 1.165) is 31.5 Å². The summed E-state index contributed by atoms with van der Waals surface area (Å²) in [4.78, 5) is 12.2. The van der Waals surface area contributed by atoms with Crippen LogP contribution in [0.2, 0.25) is 0 Å². The van der Waals surface area contributed by atoms with Gasteiger partial charge in [-0.25, -0.2) is 4.79 Å². The average molecular weight is 140 g/mol. The monoisotopic (exact) mass is 140 g/mol. The Labute approximate surface area is 60.5 Å². The Balaban J connectivity index is 2.59. The molecule has 0 saturated carbocycles. The Bertz CT molecular complexity index is 161. The number of rotatable bonds is 1. The van der Waals surface area contributed by atoms with Crippen LogP contribution in [0.1, 0.15) is 19.3 Å². The van der Waals surface area contributed by atoms with E-state index in [2.05, 4.69) is 0 Å². The predicted octanol–water partition coefficient (Wildman–Crippen LogP) is 0.104. The molecule has 10 heavy (non-hydrogen) atoms. The molecule has 1 aliphatic rings. The van der Waals surface area contributed by atoms with Crippen LogP contribution in [0.5, 0.6) is 0 Å². The van der Waals surface area contributed by atoms with Crippen molar-refractivity contribution in [1.82, 2.24) is 4.90 Å². The number of likely N-dealkylation sites (tertiary alicyclic amines) is 1. The molecule has 56 valence electrons. The Kier molecular flexibility index (Phi) is 2.49. The quantitative estimate of drug-likeness (QED) is 0.525. The van der Waals surface area contributed by atoms with Crippen molar-refractivity contribution in [2.75, 3.05) is 13.2 Å². The van der Waals surface area contributed by atoms with Crippen LogP contribution in [-0.2, 0) is 4.79 Å². The summed E-state index contributed by atoms with van der Waals surface area (Å²) in [5.74, 6) is 1.92. The van der Waals surface area contributed by atoms with Crippen LogP contribution in [0.15, 0.2) is 5.70 Å². The van der Waals surface area contributed by atoms with Crippen molar-refractivity contribution in [2.24, 2.45) is 5.73 Å². The first-order chi connectivity index (χ1) is 4.88. The molecule has 0 unspecified atom stereocenters. The molecular weight excluding hydrogens is 128 g/mol. The molecular formula is C7H12N2O. The second-order valence-corrected chi connectivity index (χ2v) is 2.45. The van der Waals surface area contributed by atoms with Gasteiger partial charge in [0.1, 0.15) is 5.94 Å². The SMILES string of the molecule is NCN1CCCCC1=C=O. The van der Waals surface area contributed by atoms with E-state index in [0.29, 0.717) is 6.67 Å². The summed E-state index contributed by atoms with van der Waals surface area (Å²) in [6.07, 6.45) is 3.09. The molecule has 0 bridgehead atoms. The third-order valence-corrected chi connectivity index (χ3v) is 1.81. The molecule has 2 N–H and O–H groups in total. The van der Waals surface area contributed by atoms with Crippen LogP contribution in [-0.4, -0.2) is 24.1 Å². The first-order valence-corrected chi connectivity index (χ1v) is 3.57. The Morgan fingerprint density at radius 1 is 1.60 bits per heavy atom. The highest BCUT2D eigenvalue weighted by Gasteiger charge is 2.13. The minimum absolute atomic E-state index is 0.449. The van der Waals surface area contributed by atoms with E-state index in [-0.39, 0.29) is 0 Å². The zero-order valence-electron chi connectivity index (χ0n) is 5.97. The van der Waals surface area contributed by atoms with Crippen molar-refractivity contribution in [1.29, 1.82) is 0 Å². The Morgan fingerprint density at radius 3 is 2.90 bits per heavy atom. The zero-order chi connectivity index (χ0) is 7.40. The van der Waals surface area contributed by atoms with E-state index in [1.54, 1.807) is 0 Å². The molecule has 1 fully saturated rings. The summed E-state index contributed by atoms with van der Waals surface area (Å²) in [6, 6.07) is 0. The van der Waals surface area contributed by atoms with Gasteiger partial charge in [-0.1, -0.05) is 0 Å². The minimum Gasteiger partial charge on any atom is -0.353 e. The van der Waals surface area contributed by atoms with E-state index in [9.17, 15) is 4.79 Å². The van der Waals surface area contributed by atoms with Gasteiger partial charge in [0, 0.05) is 6.54 Å². The van der Waals surface area contributed by atoms with Crippen LogP contribution in [0, 0.1) is 0 Å². The number of nitrogens with zero attached hydrogens (tertiary/aromatic N) is 1. The first kappa shape index (κ1) is 7.32. The lowest BCUT2D eigenvalue weighted by Gasteiger charge is -2.27. The lowest BCUT2D eigenvalue weighted by molar-refractivity contribution is 0.300. The highest BCUT2D eigenvalue weighted by atomic mass is 16.1. The molecule has 0 aromatic heterocycles. The highest BCUT2D eigenvalue weighted by molar-refractivity contribution is 5.51. The molecule has 3 heteroatoms. The molecule has 3 nitrogen and oxygen atoms in total. The zero-order valence-corrected chi connectivity index (χ0v) is 5.97. The van der Waals surface area contributed by atoms with Gasteiger partial charge in [-0.3, -0.25) is 0 Å². The number of allylic oxidation sites excluding steroid dienone is 1. The number of hydrogen-bond acceptors (Lipinski definition) is 3. The molecule has 1 saturated heterocycles. The molecule has 0 aromatic carbocycles. The number of hydrogen-bond donors (Lipinski definition) is 1. The fourth-order valence-electron chi connectivity index (χ4n) is 1.21. The molecule has 0 spiro atoms. The molecule has 0 atom stereocenters. The van der Waals surface area contributed by atoms with Crippen molar-refractivity contribution in [2.45, 2.75) is 19.3 Å². The largest absolute Gasteiger partial charge is 0.353 e. The highest BCUT2D eigenvalue weighted by Crippen LogP contribution is 2.15. The third-order valence-electron chi connectivity index (χ3n) is 1.81. The normalized spacial score (nSPS) is 18.9. The summed E-state index contributed by atoms with van der Waals surface area (Å²) in [5.41, 5.74) is 6.14. The number of nitrogens with two attached hydrogens (primary N) is 1. The van der Waals surface area contributed by atoms with Crippen molar-refractivity contribution < 1.29 is 4.79 Å². The lowest BCUT2D eigenvalue weighted by atomic mass is 10.1. The van der Waals surface area contributed by atoms with Crippen molar-refractivity contribution in [3.8, 4) is 0 Å². The fourth-order valence-corrected chi connectivity index (χ4v) is 1.21. The molecule has 1 heterocycles. The smallest absolute Gasteiger partial charge is 0.145 e. The van der Waals surface area contributed by atoms with Gasteiger partial charge in [-0.2, -0.15) is 0 Å². The van der Waals surface area contributed by atoms with Crippen molar-refractivity contribution in [3.05, 3.63) is 5.70 Å². The summed E-state index contributed by atoms with van der Waals surface area (Å²) < 4.78 is 0. The molecule has 0 amide bonds. The van der Waals surface area contributed by atoms with E-state index in [1.807, 2.05) is 10.8 Å². The standard InChI is InChI=1S/C7H12N2O/c8-6-9-4-2-1-3-7(9)5-10/h1-4,6,8H2. The second-order valence-electron chi connectivity index (χ2n) is 2.45. The second kappa shape index (κ2) is 3.40. The maximum atomic E-state index is 10.3. The molecule has 0 aromatic rings. The first-order valence-electron chi connectivity index (χ1n) is 3.57. The minimum atomic E-state index is 0.449. The number of carbonyl (C=O) groups excluding carboxylic acids is 1. The van der Waals surface area contributed by atoms with Crippen LogP contribution in [0.4, 0.5) is 0 Å². The maximum Gasteiger partial charge on any atom is 0.145 e. The van der Waals surface area contributed by atoms with E-state index in [4.69, 9.17) is 5.73 Å². The topological polar surface area (TPSA) is 46.3 Å². The molecule has 1 rings (SSSR count). The van der Waals surface area contributed by atoms with Gasteiger partial charge in [0.2, 0.25) is 0 Å². The summed E-state index contributed by atoms with van der Waals surface area (Å²) in [6.45, 7) is 1.37. The Hall–Kier alpha value is -0.790. The van der Waals surface area contributed by atoms with E-state index in [1.165, 1.54) is 0 Å². The summed E-state index contributed by atoms with van der Waals surface area (Å²) in [7, 11) is 0. The van der Waals surface area contributed by atoms with Gasteiger partial charge in [0.05, 0.1) is 12.4 Å². The third kappa shape index (κ3) is 1.38. The Morgan fingerprint density at radius 2 is 2.40 bits per heavy atom.